The van der Waals surface area contributed by atoms with Gasteiger partial charge in [-0.2, -0.15) is 0 Å². The number of rotatable bonds is 2. The van der Waals surface area contributed by atoms with Gasteiger partial charge in [0.05, 0.1) is 17.5 Å². The van der Waals surface area contributed by atoms with Gasteiger partial charge in [0.15, 0.2) is 0 Å². The van der Waals surface area contributed by atoms with Crippen molar-refractivity contribution in [2.75, 3.05) is 0 Å². The number of aromatic nitrogens is 2. The number of benzene rings is 1. The Morgan fingerprint density at radius 3 is 2.67 bits per heavy atom. The highest BCUT2D eigenvalue weighted by Crippen LogP contribution is 2.48. The van der Waals surface area contributed by atoms with Crippen molar-refractivity contribution in [2.45, 2.75) is 19.4 Å². The Kier molecular flexibility index (Phi) is 3.00. The van der Waals surface area contributed by atoms with Gasteiger partial charge in [-0.05, 0) is 25.5 Å². The zero-order valence-corrected chi connectivity index (χ0v) is 13.5. The predicted octanol–water partition coefficient (Wildman–Crippen LogP) is 3.47. The number of H-pyrrole nitrogens is 1. The van der Waals surface area contributed by atoms with Gasteiger partial charge in [0, 0.05) is 17.3 Å². The first-order valence-corrected chi connectivity index (χ1v) is 7.73. The van der Waals surface area contributed by atoms with E-state index in [4.69, 9.17) is 10.5 Å². The van der Waals surface area contributed by atoms with Crippen molar-refractivity contribution in [3.63, 3.8) is 0 Å². The molecule has 3 heterocycles. The minimum atomic E-state index is -0.580. The second-order valence-corrected chi connectivity index (χ2v) is 6.37. The van der Waals surface area contributed by atoms with Crippen molar-refractivity contribution in [2.24, 2.45) is 5.73 Å². The Bertz CT molecular complexity index is 943. The molecule has 3 N–H and O–H groups in total. The van der Waals surface area contributed by atoms with Crippen molar-refractivity contribution in [3.05, 3.63) is 60.0 Å². The minimum absolute atomic E-state index is 0.375. The number of nitrogens with two attached hydrogens (primary N) is 1. The summed E-state index contributed by atoms with van der Waals surface area (Å²) in [7, 11) is 0. The molecule has 1 aliphatic rings. The van der Waals surface area contributed by atoms with Crippen molar-refractivity contribution in [1.29, 1.82) is 0 Å². The van der Waals surface area contributed by atoms with Crippen molar-refractivity contribution >= 4 is 5.91 Å². The maximum Gasteiger partial charge on any atom is 0.265 e. The predicted molar refractivity (Wildman–Crippen MR) is 91.6 cm³/mol. The summed E-state index contributed by atoms with van der Waals surface area (Å²) in [5.41, 5.74) is 9.90. The third kappa shape index (κ3) is 2.09. The summed E-state index contributed by atoms with van der Waals surface area (Å²) < 4.78 is 6.17. The van der Waals surface area contributed by atoms with Gasteiger partial charge in [0.1, 0.15) is 17.0 Å². The summed E-state index contributed by atoms with van der Waals surface area (Å²) in [5.74, 6) is 0.198. The molecule has 0 spiro atoms. The molecule has 0 saturated carbocycles. The Balaban J connectivity index is 2.02. The zero-order chi connectivity index (χ0) is 16.9. The van der Waals surface area contributed by atoms with E-state index in [-0.39, 0.29) is 0 Å². The molecule has 3 aromatic rings. The normalized spacial score (nSPS) is 14.4. The first-order valence-electron chi connectivity index (χ1n) is 7.73. The molecule has 0 unspecified atom stereocenters. The van der Waals surface area contributed by atoms with Crippen LogP contribution in [-0.4, -0.2) is 15.9 Å². The van der Waals surface area contributed by atoms with E-state index in [2.05, 4.69) is 9.97 Å². The lowest BCUT2D eigenvalue weighted by atomic mass is 9.88. The smallest absolute Gasteiger partial charge is 0.265 e. The third-order valence-corrected chi connectivity index (χ3v) is 4.34. The number of nitrogens with zero attached hydrogens (tertiary/aromatic N) is 1. The molecular weight excluding hydrogens is 302 g/mol. The molecule has 24 heavy (non-hydrogen) atoms. The van der Waals surface area contributed by atoms with Crippen LogP contribution in [0.3, 0.4) is 0 Å². The fraction of sp³-hybridized carbons (Fsp3) is 0.158. The molecule has 2 aromatic heterocycles. The number of carbonyl (C=O) groups is 1. The summed E-state index contributed by atoms with van der Waals surface area (Å²) in [6.45, 7) is 3.92. The van der Waals surface area contributed by atoms with Gasteiger partial charge in [-0.3, -0.25) is 9.78 Å². The van der Waals surface area contributed by atoms with Gasteiger partial charge in [0.25, 0.3) is 5.91 Å². The van der Waals surface area contributed by atoms with Crippen molar-refractivity contribution in [3.8, 4) is 28.1 Å². The number of primary amides is 1. The van der Waals surface area contributed by atoms with Gasteiger partial charge >= 0.3 is 0 Å². The van der Waals surface area contributed by atoms with E-state index in [1.165, 1.54) is 0 Å². The lowest BCUT2D eigenvalue weighted by Crippen LogP contribution is -2.28. The van der Waals surface area contributed by atoms with Crippen LogP contribution in [-0.2, 0) is 5.60 Å². The standard InChI is InChI=1S/C19H17N3O2/c1-19(2)13-8-14(18(20)23)22-17(13)16-12(9-21-10-15(16)24-19)11-6-4-3-5-7-11/h3-10,22H,1-2H3,(H2,20,23). The number of hydrogen-bond donors (Lipinski definition) is 2. The van der Waals surface area contributed by atoms with E-state index < -0.39 is 11.5 Å². The number of carbonyl (C=O) groups excluding carboxylic acids is 1. The van der Waals surface area contributed by atoms with Crippen LogP contribution < -0.4 is 10.5 Å². The molecule has 4 rings (SSSR count). The largest absolute Gasteiger partial charge is 0.481 e. The van der Waals surface area contributed by atoms with E-state index in [0.717, 1.165) is 27.9 Å². The molecule has 120 valence electrons. The summed E-state index contributed by atoms with van der Waals surface area (Å²) in [6.07, 6.45) is 3.52. The van der Waals surface area contributed by atoms with Gasteiger partial charge in [-0.15, -0.1) is 0 Å². The van der Waals surface area contributed by atoms with Crippen LogP contribution in [0.2, 0.25) is 0 Å². The summed E-state index contributed by atoms with van der Waals surface area (Å²) in [4.78, 5) is 19.1. The number of amides is 1. The van der Waals surface area contributed by atoms with Gasteiger partial charge < -0.3 is 15.5 Å². The molecule has 0 atom stereocenters. The van der Waals surface area contributed by atoms with E-state index in [9.17, 15) is 4.79 Å². The van der Waals surface area contributed by atoms with Gasteiger partial charge in [-0.1, -0.05) is 30.3 Å². The topological polar surface area (TPSA) is 81.0 Å². The fourth-order valence-corrected chi connectivity index (χ4v) is 3.20. The zero-order valence-electron chi connectivity index (χ0n) is 13.5. The molecule has 5 nitrogen and oxygen atoms in total. The summed E-state index contributed by atoms with van der Waals surface area (Å²) in [5, 5.41) is 0. The van der Waals surface area contributed by atoms with Crippen LogP contribution in [0.4, 0.5) is 0 Å². The van der Waals surface area contributed by atoms with Crippen LogP contribution in [0.5, 0.6) is 5.75 Å². The van der Waals surface area contributed by atoms with E-state index in [1.54, 1.807) is 12.3 Å². The molecule has 0 saturated heterocycles. The number of ether oxygens (including phenoxy) is 1. The third-order valence-electron chi connectivity index (χ3n) is 4.34. The summed E-state index contributed by atoms with van der Waals surface area (Å²) in [6, 6.07) is 11.7. The van der Waals surface area contributed by atoms with E-state index >= 15 is 0 Å². The lowest BCUT2D eigenvalue weighted by molar-refractivity contribution is 0.0995. The molecule has 1 amide bonds. The fourth-order valence-electron chi connectivity index (χ4n) is 3.20. The van der Waals surface area contributed by atoms with Gasteiger partial charge in [-0.25, -0.2) is 0 Å². The molecular formula is C19H17N3O2. The maximum atomic E-state index is 11.6. The number of aromatic amines is 1. The average Bonchev–Trinajstić information content (AvgIpc) is 3.01. The maximum absolute atomic E-state index is 11.6. The van der Waals surface area contributed by atoms with Crippen molar-refractivity contribution in [1.82, 2.24) is 9.97 Å². The second kappa shape index (κ2) is 4.96. The van der Waals surface area contributed by atoms with E-state index in [0.29, 0.717) is 11.4 Å². The minimum Gasteiger partial charge on any atom is -0.481 e. The van der Waals surface area contributed by atoms with Crippen LogP contribution >= 0.6 is 0 Å². The molecule has 5 heteroatoms. The van der Waals surface area contributed by atoms with Crippen LogP contribution in [0.1, 0.15) is 29.9 Å². The van der Waals surface area contributed by atoms with Crippen LogP contribution in [0.15, 0.2) is 48.8 Å². The van der Waals surface area contributed by atoms with E-state index in [1.807, 2.05) is 50.4 Å². The van der Waals surface area contributed by atoms with Crippen LogP contribution in [0.25, 0.3) is 22.4 Å². The second-order valence-electron chi connectivity index (χ2n) is 6.37. The summed E-state index contributed by atoms with van der Waals surface area (Å²) >= 11 is 0. The number of fused-ring (bicyclic) bond motifs is 3. The number of pyridine rings is 1. The monoisotopic (exact) mass is 319 g/mol. The Labute approximate surface area is 139 Å². The lowest BCUT2D eigenvalue weighted by Gasteiger charge is -2.33. The van der Waals surface area contributed by atoms with Crippen LogP contribution in [0, 0.1) is 0 Å². The molecule has 1 aliphatic heterocycles. The SMILES string of the molecule is CC1(C)Oc2cncc(-c3ccccc3)c2-c2[nH]c(C(N)=O)cc21. The first-order chi connectivity index (χ1) is 11.5. The molecule has 0 aliphatic carbocycles. The number of hydrogen-bond acceptors (Lipinski definition) is 3. The average molecular weight is 319 g/mol. The molecule has 0 fully saturated rings. The highest BCUT2D eigenvalue weighted by Gasteiger charge is 2.36. The molecule has 0 bridgehead atoms. The highest BCUT2D eigenvalue weighted by molar-refractivity contribution is 5.95. The Morgan fingerprint density at radius 1 is 1.21 bits per heavy atom. The van der Waals surface area contributed by atoms with Crippen molar-refractivity contribution < 1.29 is 9.53 Å². The Hall–Kier alpha value is -3.08. The Morgan fingerprint density at radius 2 is 1.96 bits per heavy atom. The first kappa shape index (κ1) is 14.5. The molecule has 1 aromatic carbocycles. The number of nitrogens with one attached hydrogen (secondary N) is 1. The molecule has 0 radical (unpaired) electrons. The quantitative estimate of drug-likeness (QED) is 0.759. The van der Waals surface area contributed by atoms with Gasteiger partial charge in [0.2, 0.25) is 0 Å². The highest BCUT2D eigenvalue weighted by atomic mass is 16.5.